The van der Waals surface area contributed by atoms with Gasteiger partial charge in [0.15, 0.2) is 0 Å². The van der Waals surface area contributed by atoms with Crippen LogP contribution in [0.1, 0.15) is 53.4 Å². The Morgan fingerprint density at radius 3 is 2.58 bits per heavy atom. The normalized spacial score (nSPS) is 27.6. The molecule has 19 heavy (non-hydrogen) atoms. The quantitative estimate of drug-likeness (QED) is 0.693. The molecule has 0 saturated heterocycles. The van der Waals surface area contributed by atoms with Gasteiger partial charge < -0.3 is 15.0 Å². The van der Waals surface area contributed by atoms with Gasteiger partial charge in [-0.25, -0.2) is 4.79 Å². The molecular formula is C13H26N2O3S. The molecule has 3 N–H and O–H groups in total. The maximum atomic E-state index is 12.1. The number of nitrogens with one attached hydrogen (secondary N) is 2. The highest BCUT2D eigenvalue weighted by Crippen LogP contribution is 2.28. The van der Waals surface area contributed by atoms with Crippen molar-refractivity contribution < 1.29 is 14.5 Å². The van der Waals surface area contributed by atoms with E-state index in [9.17, 15) is 9.35 Å². The standard InChI is InChI=1S/C13H26N2O3S/c1-9(15-19(18)13(2,3)4)10-6-5-7-11(8-10)14-12(16)17/h9-11,14-15H,5-8H2,1-4H3,(H,16,17)/t9-,10-,11+,19?/m0/s1. The number of carboxylic acid groups (broad SMARTS) is 1. The number of amides is 1. The molecule has 1 unspecified atom stereocenters. The predicted octanol–water partition coefficient (Wildman–Crippen LogP) is 2.25. The van der Waals surface area contributed by atoms with Gasteiger partial charge in [0.05, 0.1) is 6.04 Å². The lowest BCUT2D eigenvalue weighted by atomic mass is 9.82. The molecule has 1 aliphatic carbocycles. The number of hydrogen-bond donors (Lipinski definition) is 3. The molecule has 1 saturated carbocycles. The average Bonchev–Trinajstić information content (AvgIpc) is 2.27. The van der Waals surface area contributed by atoms with E-state index in [1.165, 1.54) is 0 Å². The molecular weight excluding hydrogens is 264 g/mol. The summed E-state index contributed by atoms with van der Waals surface area (Å²) in [6, 6.07) is 0.169. The number of carbonyl (C=O) groups is 1. The first-order chi connectivity index (χ1) is 8.70. The molecule has 1 fully saturated rings. The molecule has 0 aliphatic heterocycles. The van der Waals surface area contributed by atoms with E-state index in [0.717, 1.165) is 25.7 Å². The van der Waals surface area contributed by atoms with Gasteiger partial charge in [-0.1, -0.05) is 6.42 Å². The summed E-state index contributed by atoms with van der Waals surface area (Å²) in [5.74, 6) is 0.372. The van der Waals surface area contributed by atoms with E-state index < -0.39 is 17.5 Å². The van der Waals surface area contributed by atoms with Crippen LogP contribution in [0.5, 0.6) is 0 Å². The monoisotopic (exact) mass is 290 g/mol. The Bertz CT molecular complexity index is 307. The number of hydrogen-bond acceptors (Lipinski definition) is 3. The smallest absolute Gasteiger partial charge is 0.404 e. The van der Waals surface area contributed by atoms with Crippen LogP contribution in [0.4, 0.5) is 4.79 Å². The molecule has 0 heterocycles. The molecule has 112 valence electrons. The van der Waals surface area contributed by atoms with Gasteiger partial charge in [0.25, 0.3) is 0 Å². The minimum atomic E-state index is -1.08. The van der Waals surface area contributed by atoms with Gasteiger partial charge in [0, 0.05) is 17.4 Å². The lowest BCUT2D eigenvalue weighted by Gasteiger charge is -2.34. The van der Waals surface area contributed by atoms with Gasteiger partial charge in [0.2, 0.25) is 0 Å². The maximum Gasteiger partial charge on any atom is 0.404 e. The SMILES string of the molecule is C[C@H](N[S+]([O-])C(C)(C)C)[C@H]1CCC[C@@H](NC(=O)O)C1. The molecule has 1 aliphatic rings. The van der Waals surface area contributed by atoms with Crippen molar-refractivity contribution in [3.05, 3.63) is 0 Å². The maximum absolute atomic E-state index is 12.1. The zero-order chi connectivity index (χ0) is 14.6. The van der Waals surface area contributed by atoms with Crippen LogP contribution >= 0.6 is 0 Å². The van der Waals surface area contributed by atoms with Crippen molar-refractivity contribution in [1.82, 2.24) is 10.0 Å². The molecule has 1 amide bonds. The zero-order valence-corrected chi connectivity index (χ0v) is 13.0. The first-order valence-electron chi connectivity index (χ1n) is 6.87. The fourth-order valence-corrected chi connectivity index (χ4v) is 3.31. The Morgan fingerprint density at radius 1 is 1.42 bits per heavy atom. The summed E-state index contributed by atoms with van der Waals surface area (Å²) in [5.41, 5.74) is 0. The van der Waals surface area contributed by atoms with E-state index in [1.807, 2.05) is 27.7 Å². The predicted molar refractivity (Wildman–Crippen MR) is 77.4 cm³/mol. The third-order valence-electron chi connectivity index (χ3n) is 3.60. The molecule has 0 aromatic carbocycles. The summed E-state index contributed by atoms with van der Waals surface area (Å²) in [6.45, 7) is 7.87. The van der Waals surface area contributed by atoms with Crippen LogP contribution in [0.25, 0.3) is 0 Å². The Hall–Kier alpha value is -0.460. The highest BCUT2D eigenvalue weighted by molar-refractivity contribution is 7.90. The minimum absolute atomic E-state index is 0.0311. The van der Waals surface area contributed by atoms with Crippen molar-refractivity contribution in [3.8, 4) is 0 Å². The zero-order valence-electron chi connectivity index (χ0n) is 12.2. The van der Waals surface area contributed by atoms with E-state index in [1.54, 1.807) is 0 Å². The summed E-state index contributed by atoms with van der Waals surface area (Å²) < 4.78 is 15.0. The minimum Gasteiger partial charge on any atom is -0.598 e. The summed E-state index contributed by atoms with van der Waals surface area (Å²) in [7, 11) is 0. The molecule has 6 heteroatoms. The Morgan fingerprint density at radius 2 is 2.05 bits per heavy atom. The van der Waals surface area contributed by atoms with Crippen LogP contribution in [0.15, 0.2) is 0 Å². The first kappa shape index (κ1) is 16.6. The summed E-state index contributed by atoms with van der Waals surface area (Å²) in [5, 5.41) is 11.3. The molecule has 0 aromatic heterocycles. The van der Waals surface area contributed by atoms with Crippen LogP contribution in [-0.4, -0.2) is 32.6 Å². The van der Waals surface area contributed by atoms with Gasteiger partial charge in [-0.15, -0.1) is 4.72 Å². The van der Waals surface area contributed by atoms with Crippen molar-refractivity contribution in [2.24, 2.45) is 5.92 Å². The van der Waals surface area contributed by atoms with Gasteiger partial charge in [-0.3, -0.25) is 0 Å². The van der Waals surface area contributed by atoms with Crippen LogP contribution in [0, 0.1) is 5.92 Å². The van der Waals surface area contributed by atoms with Crippen LogP contribution in [0.3, 0.4) is 0 Å². The van der Waals surface area contributed by atoms with E-state index in [0.29, 0.717) is 5.92 Å². The second-order valence-electron chi connectivity index (χ2n) is 6.36. The first-order valence-corrected chi connectivity index (χ1v) is 8.02. The average molecular weight is 290 g/mol. The van der Waals surface area contributed by atoms with Crippen molar-refractivity contribution in [2.45, 2.75) is 70.2 Å². The Labute approximate surface area is 118 Å². The third-order valence-corrected chi connectivity index (χ3v) is 5.30. The number of rotatable bonds is 4. The lowest BCUT2D eigenvalue weighted by molar-refractivity contribution is 0.178. The Kier molecular flexibility index (Phi) is 5.95. The van der Waals surface area contributed by atoms with Crippen LogP contribution < -0.4 is 10.0 Å². The van der Waals surface area contributed by atoms with Crippen LogP contribution in [0.2, 0.25) is 0 Å². The fourth-order valence-electron chi connectivity index (χ4n) is 2.43. The van der Waals surface area contributed by atoms with Crippen molar-refractivity contribution in [3.63, 3.8) is 0 Å². The molecule has 4 atom stereocenters. The molecule has 0 aromatic rings. The second-order valence-corrected chi connectivity index (χ2v) is 8.36. The molecule has 5 nitrogen and oxygen atoms in total. The second kappa shape index (κ2) is 6.81. The van der Waals surface area contributed by atoms with Crippen LogP contribution in [-0.2, 0) is 11.4 Å². The van der Waals surface area contributed by atoms with Gasteiger partial charge in [-0.05, 0) is 52.9 Å². The van der Waals surface area contributed by atoms with E-state index in [-0.39, 0.29) is 16.8 Å². The summed E-state index contributed by atoms with van der Waals surface area (Å²) in [6.07, 6.45) is 2.85. The Balaban J connectivity index is 2.48. The van der Waals surface area contributed by atoms with Crippen molar-refractivity contribution >= 4 is 17.5 Å². The van der Waals surface area contributed by atoms with Gasteiger partial charge in [-0.2, -0.15) is 0 Å². The summed E-state index contributed by atoms with van der Waals surface area (Å²) in [4.78, 5) is 10.7. The molecule has 0 spiro atoms. The largest absolute Gasteiger partial charge is 0.598 e. The van der Waals surface area contributed by atoms with Gasteiger partial charge >= 0.3 is 6.09 Å². The third kappa shape index (κ3) is 5.58. The molecule has 0 radical (unpaired) electrons. The van der Waals surface area contributed by atoms with E-state index in [4.69, 9.17) is 5.11 Å². The van der Waals surface area contributed by atoms with E-state index >= 15 is 0 Å². The topological polar surface area (TPSA) is 84.4 Å². The molecule has 1 rings (SSSR count). The highest BCUT2D eigenvalue weighted by atomic mass is 32.2. The molecule has 0 bridgehead atoms. The summed E-state index contributed by atoms with van der Waals surface area (Å²) >= 11 is -1.08. The van der Waals surface area contributed by atoms with Gasteiger partial charge in [0.1, 0.15) is 4.75 Å². The van der Waals surface area contributed by atoms with E-state index in [2.05, 4.69) is 10.0 Å². The van der Waals surface area contributed by atoms with Crippen molar-refractivity contribution in [2.75, 3.05) is 0 Å². The lowest BCUT2D eigenvalue weighted by Crippen LogP contribution is -2.48. The highest BCUT2D eigenvalue weighted by Gasteiger charge is 2.33. The van der Waals surface area contributed by atoms with Crippen molar-refractivity contribution in [1.29, 1.82) is 0 Å². The fraction of sp³-hybridized carbons (Fsp3) is 0.923.